The zero-order chi connectivity index (χ0) is 15.9. The zero-order valence-electron chi connectivity index (χ0n) is 13.2. The summed E-state index contributed by atoms with van der Waals surface area (Å²) < 4.78 is 10.7. The van der Waals surface area contributed by atoms with Crippen LogP contribution in [-0.2, 0) is 4.74 Å². The Morgan fingerprint density at radius 2 is 1.90 bits per heavy atom. The summed E-state index contributed by atoms with van der Waals surface area (Å²) in [5.74, 6) is 0.747. The minimum Gasteiger partial charge on any atom is -0.494 e. The number of rotatable bonds is 6. The molecule has 1 rings (SSSR count). The van der Waals surface area contributed by atoms with Crippen molar-refractivity contribution >= 4 is 6.09 Å². The van der Waals surface area contributed by atoms with E-state index in [2.05, 4.69) is 5.32 Å². The van der Waals surface area contributed by atoms with Crippen LogP contribution >= 0.6 is 0 Å². The van der Waals surface area contributed by atoms with Gasteiger partial charge in [-0.15, -0.1) is 0 Å². The van der Waals surface area contributed by atoms with Crippen molar-refractivity contribution in [3.8, 4) is 5.75 Å². The number of aliphatic hydroxyl groups is 1. The lowest BCUT2D eigenvalue weighted by Gasteiger charge is -2.22. The third kappa shape index (κ3) is 6.99. The topological polar surface area (TPSA) is 67.8 Å². The van der Waals surface area contributed by atoms with Crippen molar-refractivity contribution in [3.05, 3.63) is 29.8 Å². The maximum atomic E-state index is 11.7. The van der Waals surface area contributed by atoms with Crippen LogP contribution in [0.25, 0.3) is 0 Å². The highest BCUT2D eigenvalue weighted by Gasteiger charge is 2.18. The molecule has 118 valence electrons. The highest BCUT2D eigenvalue weighted by Crippen LogP contribution is 2.18. The van der Waals surface area contributed by atoms with Crippen LogP contribution in [0.4, 0.5) is 4.79 Å². The third-order valence-corrected chi connectivity index (χ3v) is 2.68. The average molecular weight is 295 g/mol. The standard InChI is InChI=1S/C16H25NO4/c1-12(17-15(19)21-16(2,3)4)13-6-8-14(9-7-13)20-11-5-10-18/h6-9,12,18H,5,10-11H2,1-4H3,(H,17,19)/t12-/m0/s1. The van der Waals surface area contributed by atoms with Crippen LogP contribution in [0, 0.1) is 0 Å². The lowest BCUT2D eigenvalue weighted by atomic mass is 10.1. The predicted molar refractivity (Wildman–Crippen MR) is 81.4 cm³/mol. The van der Waals surface area contributed by atoms with Crippen LogP contribution in [0.5, 0.6) is 5.75 Å². The molecule has 0 unspecified atom stereocenters. The lowest BCUT2D eigenvalue weighted by molar-refractivity contribution is 0.0508. The van der Waals surface area contributed by atoms with E-state index in [9.17, 15) is 4.79 Å². The van der Waals surface area contributed by atoms with E-state index in [1.165, 1.54) is 0 Å². The molecule has 0 fully saturated rings. The highest BCUT2D eigenvalue weighted by molar-refractivity contribution is 5.68. The van der Waals surface area contributed by atoms with Crippen molar-refractivity contribution in [1.82, 2.24) is 5.32 Å². The fraction of sp³-hybridized carbons (Fsp3) is 0.562. The van der Waals surface area contributed by atoms with Crippen LogP contribution in [0.15, 0.2) is 24.3 Å². The molecule has 0 radical (unpaired) electrons. The Morgan fingerprint density at radius 1 is 1.29 bits per heavy atom. The Bertz CT molecular complexity index is 437. The summed E-state index contributed by atoms with van der Waals surface area (Å²) >= 11 is 0. The van der Waals surface area contributed by atoms with Gasteiger partial charge in [0.05, 0.1) is 12.6 Å². The smallest absolute Gasteiger partial charge is 0.408 e. The van der Waals surface area contributed by atoms with Crippen LogP contribution in [0.2, 0.25) is 0 Å². The summed E-state index contributed by atoms with van der Waals surface area (Å²) in [5.41, 5.74) is 0.462. The lowest BCUT2D eigenvalue weighted by Crippen LogP contribution is -2.34. The molecule has 1 aromatic rings. The second-order valence-electron chi connectivity index (χ2n) is 5.86. The number of carbonyl (C=O) groups is 1. The van der Waals surface area contributed by atoms with Crippen molar-refractivity contribution in [2.24, 2.45) is 0 Å². The van der Waals surface area contributed by atoms with Crippen LogP contribution < -0.4 is 10.1 Å². The number of nitrogens with one attached hydrogen (secondary N) is 1. The van der Waals surface area contributed by atoms with Crippen LogP contribution in [0.1, 0.15) is 45.7 Å². The van der Waals surface area contributed by atoms with Crippen molar-refractivity contribution in [2.75, 3.05) is 13.2 Å². The van der Waals surface area contributed by atoms with Gasteiger partial charge in [-0.05, 0) is 45.4 Å². The van der Waals surface area contributed by atoms with Gasteiger partial charge in [-0.2, -0.15) is 0 Å². The molecule has 0 saturated carbocycles. The van der Waals surface area contributed by atoms with E-state index >= 15 is 0 Å². The molecule has 5 heteroatoms. The quantitative estimate of drug-likeness (QED) is 0.792. The van der Waals surface area contributed by atoms with E-state index in [-0.39, 0.29) is 12.6 Å². The molecule has 0 aliphatic carbocycles. The number of aliphatic hydroxyl groups excluding tert-OH is 1. The normalized spacial score (nSPS) is 12.6. The molecule has 5 nitrogen and oxygen atoms in total. The Kier molecular flexibility index (Phi) is 6.49. The Hall–Kier alpha value is -1.75. The van der Waals surface area contributed by atoms with E-state index in [4.69, 9.17) is 14.6 Å². The maximum absolute atomic E-state index is 11.7. The highest BCUT2D eigenvalue weighted by atomic mass is 16.6. The molecule has 0 heterocycles. The number of carbonyl (C=O) groups excluding carboxylic acids is 1. The minimum absolute atomic E-state index is 0.120. The number of amides is 1. The first kappa shape index (κ1) is 17.3. The zero-order valence-corrected chi connectivity index (χ0v) is 13.2. The molecule has 0 aliphatic heterocycles. The van der Waals surface area contributed by atoms with Crippen molar-refractivity contribution in [3.63, 3.8) is 0 Å². The van der Waals surface area contributed by atoms with Crippen molar-refractivity contribution < 1.29 is 19.4 Å². The summed E-state index contributed by atoms with van der Waals surface area (Å²) in [6, 6.07) is 7.35. The molecular weight excluding hydrogens is 270 g/mol. The van der Waals surface area contributed by atoms with Gasteiger partial charge in [-0.1, -0.05) is 12.1 Å². The van der Waals surface area contributed by atoms with Gasteiger partial charge in [0.2, 0.25) is 0 Å². The van der Waals surface area contributed by atoms with Crippen molar-refractivity contribution in [1.29, 1.82) is 0 Å². The first-order valence-electron chi connectivity index (χ1n) is 7.15. The van der Waals surface area contributed by atoms with Gasteiger partial charge in [0, 0.05) is 13.0 Å². The number of alkyl carbamates (subject to hydrolysis) is 1. The number of hydrogen-bond donors (Lipinski definition) is 2. The summed E-state index contributed by atoms with van der Waals surface area (Å²) in [6.07, 6.45) is 0.177. The van der Waals surface area contributed by atoms with Gasteiger partial charge in [0.1, 0.15) is 11.4 Å². The van der Waals surface area contributed by atoms with Gasteiger partial charge >= 0.3 is 6.09 Å². The van der Waals surface area contributed by atoms with Crippen LogP contribution in [-0.4, -0.2) is 30.0 Å². The molecule has 0 aliphatic rings. The van der Waals surface area contributed by atoms with E-state index in [1.54, 1.807) is 0 Å². The minimum atomic E-state index is -0.506. The largest absolute Gasteiger partial charge is 0.494 e. The third-order valence-electron chi connectivity index (χ3n) is 2.68. The molecule has 1 atom stereocenters. The Labute approximate surface area is 126 Å². The number of benzene rings is 1. The summed E-state index contributed by atoms with van der Waals surface area (Å²) in [7, 11) is 0. The first-order valence-corrected chi connectivity index (χ1v) is 7.15. The second-order valence-corrected chi connectivity index (χ2v) is 5.86. The fourth-order valence-corrected chi connectivity index (χ4v) is 1.67. The predicted octanol–water partition coefficient (Wildman–Crippen LogP) is 3.03. The number of hydrogen-bond acceptors (Lipinski definition) is 4. The molecule has 1 aromatic carbocycles. The van der Waals surface area contributed by atoms with Gasteiger partial charge in [0.25, 0.3) is 0 Å². The van der Waals surface area contributed by atoms with E-state index in [0.29, 0.717) is 13.0 Å². The molecule has 0 bridgehead atoms. The summed E-state index contributed by atoms with van der Waals surface area (Å²) in [5, 5.41) is 11.5. The Balaban J connectivity index is 2.51. The molecule has 0 saturated heterocycles. The van der Waals surface area contributed by atoms with E-state index < -0.39 is 11.7 Å². The second kappa shape index (κ2) is 7.88. The van der Waals surface area contributed by atoms with Gasteiger partial charge < -0.3 is 19.9 Å². The monoisotopic (exact) mass is 295 g/mol. The van der Waals surface area contributed by atoms with E-state index in [0.717, 1.165) is 11.3 Å². The van der Waals surface area contributed by atoms with Gasteiger partial charge in [-0.25, -0.2) is 4.79 Å². The molecular formula is C16H25NO4. The molecule has 1 amide bonds. The fourth-order valence-electron chi connectivity index (χ4n) is 1.67. The van der Waals surface area contributed by atoms with E-state index in [1.807, 2.05) is 52.0 Å². The number of ether oxygens (including phenoxy) is 2. The van der Waals surface area contributed by atoms with Crippen LogP contribution in [0.3, 0.4) is 0 Å². The molecule has 2 N–H and O–H groups in total. The molecule has 0 aromatic heterocycles. The summed E-state index contributed by atoms with van der Waals surface area (Å²) in [4.78, 5) is 11.7. The Morgan fingerprint density at radius 3 is 2.43 bits per heavy atom. The molecule has 0 spiro atoms. The average Bonchev–Trinajstić information content (AvgIpc) is 2.37. The van der Waals surface area contributed by atoms with Crippen molar-refractivity contribution in [2.45, 2.75) is 45.8 Å². The summed E-state index contributed by atoms with van der Waals surface area (Å²) in [6.45, 7) is 7.99. The first-order chi connectivity index (χ1) is 9.81. The SMILES string of the molecule is C[C@H](NC(=O)OC(C)(C)C)c1ccc(OCCCO)cc1. The van der Waals surface area contributed by atoms with Gasteiger partial charge in [0.15, 0.2) is 0 Å². The maximum Gasteiger partial charge on any atom is 0.408 e. The molecule has 21 heavy (non-hydrogen) atoms. The van der Waals surface area contributed by atoms with Gasteiger partial charge in [-0.3, -0.25) is 0 Å².